The van der Waals surface area contributed by atoms with E-state index < -0.39 is 5.43 Å². The molecule has 0 radical (unpaired) electrons. The standard InChI is InChI=1S/C12H7N3O2/c1-17-7-2-3-10-8(4-7)12(16)9(5-13)11(6-14)15-10/h2-4H,1H3,(H,15,16). The van der Waals surface area contributed by atoms with Gasteiger partial charge < -0.3 is 9.72 Å². The van der Waals surface area contributed by atoms with Gasteiger partial charge in [0.15, 0.2) is 0 Å². The van der Waals surface area contributed by atoms with Crippen molar-refractivity contribution in [3.63, 3.8) is 0 Å². The minimum absolute atomic E-state index is 0.0184. The molecule has 2 aromatic rings. The number of ether oxygens (including phenoxy) is 1. The van der Waals surface area contributed by atoms with Crippen LogP contribution in [-0.4, -0.2) is 12.1 Å². The van der Waals surface area contributed by atoms with Crippen molar-refractivity contribution in [3.05, 3.63) is 39.7 Å². The zero-order chi connectivity index (χ0) is 12.4. The molecule has 0 spiro atoms. The van der Waals surface area contributed by atoms with Crippen LogP contribution in [0.15, 0.2) is 23.0 Å². The SMILES string of the molecule is COc1ccc2[nH]c(C#N)c(C#N)c(=O)c2c1. The maximum atomic E-state index is 12.0. The van der Waals surface area contributed by atoms with Gasteiger partial charge in [0.2, 0.25) is 5.43 Å². The van der Waals surface area contributed by atoms with Gasteiger partial charge in [-0.2, -0.15) is 10.5 Å². The molecule has 0 aliphatic carbocycles. The highest BCUT2D eigenvalue weighted by Crippen LogP contribution is 2.17. The van der Waals surface area contributed by atoms with Crippen LogP contribution in [0.1, 0.15) is 11.3 Å². The lowest BCUT2D eigenvalue weighted by Crippen LogP contribution is -2.11. The second-order valence-corrected chi connectivity index (χ2v) is 3.34. The van der Waals surface area contributed by atoms with E-state index in [0.29, 0.717) is 16.7 Å². The average molecular weight is 225 g/mol. The van der Waals surface area contributed by atoms with E-state index in [1.54, 1.807) is 24.3 Å². The second-order valence-electron chi connectivity index (χ2n) is 3.34. The molecule has 82 valence electrons. The van der Waals surface area contributed by atoms with E-state index in [4.69, 9.17) is 15.3 Å². The number of rotatable bonds is 1. The molecule has 1 heterocycles. The molecule has 5 nitrogen and oxygen atoms in total. The summed E-state index contributed by atoms with van der Waals surface area (Å²) in [5.41, 5.74) is -0.147. The average Bonchev–Trinajstić information content (AvgIpc) is 2.38. The fourth-order valence-corrected chi connectivity index (χ4v) is 1.58. The Morgan fingerprint density at radius 2 is 2.06 bits per heavy atom. The summed E-state index contributed by atoms with van der Waals surface area (Å²) in [7, 11) is 1.49. The van der Waals surface area contributed by atoms with E-state index in [9.17, 15) is 4.79 Å². The van der Waals surface area contributed by atoms with E-state index in [1.165, 1.54) is 13.2 Å². The van der Waals surface area contributed by atoms with Crippen LogP contribution in [0.3, 0.4) is 0 Å². The molecule has 2 rings (SSSR count). The largest absolute Gasteiger partial charge is 0.497 e. The summed E-state index contributed by atoms with van der Waals surface area (Å²) in [6.07, 6.45) is 0. The number of hydrogen-bond donors (Lipinski definition) is 1. The van der Waals surface area contributed by atoms with Crippen LogP contribution in [0, 0.1) is 22.7 Å². The zero-order valence-corrected chi connectivity index (χ0v) is 8.94. The van der Waals surface area contributed by atoms with Crippen molar-refractivity contribution in [2.75, 3.05) is 7.11 Å². The first-order valence-corrected chi connectivity index (χ1v) is 4.75. The molecule has 0 fully saturated rings. The first-order chi connectivity index (χ1) is 8.21. The van der Waals surface area contributed by atoms with Crippen molar-refractivity contribution < 1.29 is 4.74 Å². The Hall–Kier alpha value is -2.79. The highest BCUT2D eigenvalue weighted by molar-refractivity contribution is 5.82. The van der Waals surface area contributed by atoms with E-state index in [0.717, 1.165) is 0 Å². The molecule has 0 saturated carbocycles. The molecular formula is C12H7N3O2. The topological polar surface area (TPSA) is 89.7 Å². The monoisotopic (exact) mass is 225 g/mol. The first-order valence-electron chi connectivity index (χ1n) is 4.75. The van der Waals surface area contributed by atoms with Crippen LogP contribution < -0.4 is 10.2 Å². The Morgan fingerprint density at radius 3 is 2.65 bits per heavy atom. The highest BCUT2D eigenvalue weighted by atomic mass is 16.5. The minimum atomic E-state index is -0.461. The summed E-state index contributed by atoms with van der Waals surface area (Å²) in [5, 5.41) is 18.0. The number of pyridine rings is 1. The van der Waals surface area contributed by atoms with Crippen molar-refractivity contribution in [1.29, 1.82) is 10.5 Å². The summed E-state index contributed by atoms with van der Waals surface area (Å²) in [4.78, 5) is 14.7. The number of nitrogens with one attached hydrogen (secondary N) is 1. The van der Waals surface area contributed by atoms with Crippen molar-refractivity contribution in [3.8, 4) is 17.9 Å². The maximum Gasteiger partial charge on any atom is 0.208 e. The zero-order valence-electron chi connectivity index (χ0n) is 8.94. The first kappa shape index (κ1) is 10.7. The Morgan fingerprint density at radius 1 is 1.29 bits per heavy atom. The quantitative estimate of drug-likeness (QED) is 0.791. The number of nitriles is 2. The van der Waals surface area contributed by atoms with Crippen LogP contribution in [0.4, 0.5) is 0 Å². The number of benzene rings is 1. The molecule has 0 aliphatic heterocycles. The third kappa shape index (κ3) is 1.60. The molecular weight excluding hydrogens is 218 g/mol. The van der Waals surface area contributed by atoms with Crippen LogP contribution in [0.25, 0.3) is 10.9 Å². The number of aromatic nitrogens is 1. The molecule has 1 N–H and O–H groups in total. The van der Waals surface area contributed by atoms with Crippen molar-refractivity contribution >= 4 is 10.9 Å². The number of fused-ring (bicyclic) bond motifs is 1. The van der Waals surface area contributed by atoms with Gasteiger partial charge in [-0.05, 0) is 18.2 Å². The predicted octanol–water partition coefficient (Wildman–Crippen LogP) is 1.28. The Labute approximate surface area is 96.5 Å². The number of H-pyrrole nitrogens is 1. The summed E-state index contributed by atoms with van der Waals surface area (Å²) in [5.74, 6) is 0.525. The lowest BCUT2D eigenvalue weighted by Gasteiger charge is -2.03. The molecule has 0 bridgehead atoms. The van der Waals surface area contributed by atoms with E-state index >= 15 is 0 Å². The van der Waals surface area contributed by atoms with Crippen LogP contribution in [0.2, 0.25) is 0 Å². The van der Waals surface area contributed by atoms with Gasteiger partial charge in [0, 0.05) is 0 Å². The Bertz CT molecular complexity index is 732. The van der Waals surface area contributed by atoms with E-state index in [1.807, 2.05) is 0 Å². The van der Waals surface area contributed by atoms with Crippen molar-refractivity contribution in [1.82, 2.24) is 4.98 Å². The Kier molecular flexibility index (Phi) is 2.52. The highest BCUT2D eigenvalue weighted by Gasteiger charge is 2.11. The second kappa shape index (κ2) is 3.99. The molecule has 0 aliphatic rings. The lowest BCUT2D eigenvalue weighted by molar-refractivity contribution is 0.415. The van der Waals surface area contributed by atoms with Crippen LogP contribution in [-0.2, 0) is 0 Å². The van der Waals surface area contributed by atoms with Crippen molar-refractivity contribution in [2.24, 2.45) is 0 Å². The molecule has 5 heteroatoms. The van der Waals surface area contributed by atoms with Gasteiger partial charge >= 0.3 is 0 Å². The van der Waals surface area contributed by atoms with Crippen LogP contribution >= 0.6 is 0 Å². The van der Waals surface area contributed by atoms with Crippen molar-refractivity contribution in [2.45, 2.75) is 0 Å². The van der Waals surface area contributed by atoms with E-state index in [-0.39, 0.29) is 11.3 Å². The van der Waals surface area contributed by atoms with E-state index in [2.05, 4.69) is 4.98 Å². The summed E-state index contributed by atoms with van der Waals surface area (Å²) in [6, 6.07) is 8.38. The van der Waals surface area contributed by atoms with Gasteiger partial charge in [0.05, 0.1) is 18.0 Å². The predicted molar refractivity (Wildman–Crippen MR) is 60.6 cm³/mol. The third-order valence-electron chi connectivity index (χ3n) is 2.43. The Balaban J connectivity index is 2.94. The maximum absolute atomic E-state index is 12.0. The fraction of sp³-hybridized carbons (Fsp3) is 0.0833. The molecule has 0 atom stereocenters. The normalized spacial score (nSPS) is 9.59. The molecule has 0 amide bonds. The van der Waals surface area contributed by atoms with Gasteiger partial charge in [-0.15, -0.1) is 0 Å². The molecule has 1 aromatic heterocycles. The number of aromatic amines is 1. The fourth-order valence-electron chi connectivity index (χ4n) is 1.58. The number of hydrogen-bond acceptors (Lipinski definition) is 4. The van der Waals surface area contributed by atoms with Gasteiger partial charge in [0.1, 0.15) is 29.1 Å². The van der Waals surface area contributed by atoms with Gasteiger partial charge in [0.25, 0.3) is 0 Å². The van der Waals surface area contributed by atoms with Crippen LogP contribution in [0.5, 0.6) is 5.75 Å². The summed E-state index contributed by atoms with van der Waals surface area (Å²) >= 11 is 0. The van der Waals surface area contributed by atoms with Gasteiger partial charge in [-0.1, -0.05) is 0 Å². The van der Waals surface area contributed by atoms with Gasteiger partial charge in [-0.3, -0.25) is 4.79 Å². The number of methoxy groups -OCH3 is 1. The molecule has 17 heavy (non-hydrogen) atoms. The third-order valence-corrected chi connectivity index (χ3v) is 2.43. The molecule has 0 saturated heterocycles. The molecule has 0 unspecified atom stereocenters. The molecule has 1 aromatic carbocycles. The smallest absolute Gasteiger partial charge is 0.208 e. The minimum Gasteiger partial charge on any atom is -0.497 e. The number of nitrogens with zero attached hydrogens (tertiary/aromatic N) is 2. The van der Waals surface area contributed by atoms with Gasteiger partial charge in [-0.25, -0.2) is 0 Å². The summed E-state index contributed by atoms with van der Waals surface area (Å²) < 4.78 is 5.01. The lowest BCUT2D eigenvalue weighted by atomic mass is 10.1. The summed E-state index contributed by atoms with van der Waals surface area (Å²) in [6.45, 7) is 0.